The van der Waals surface area contributed by atoms with E-state index in [2.05, 4.69) is 4.98 Å². The summed E-state index contributed by atoms with van der Waals surface area (Å²) in [6, 6.07) is 9.02. The van der Waals surface area contributed by atoms with Gasteiger partial charge in [-0.2, -0.15) is 0 Å². The molecule has 0 aliphatic carbocycles. The van der Waals surface area contributed by atoms with Crippen LogP contribution in [0.15, 0.2) is 44.9 Å². The summed E-state index contributed by atoms with van der Waals surface area (Å²) in [5, 5.41) is 11.8. The summed E-state index contributed by atoms with van der Waals surface area (Å²) in [6.07, 6.45) is 1.33. The predicted molar refractivity (Wildman–Crippen MR) is 79.8 cm³/mol. The van der Waals surface area contributed by atoms with Gasteiger partial charge in [-0.3, -0.25) is 0 Å². The van der Waals surface area contributed by atoms with Gasteiger partial charge in [0.25, 0.3) is 0 Å². The van der Waals surface area contributed by atoms with Gasteiger partial charge in [-0.25, -0.2) is 9.78 Å². The molecule has 4 nitrogen and oxygen atoms in total. The van der Waals surface area contributed by atoms with Gasteiger partial charge in [0.05, 0.1) is 4.88 Å². The lowest BCUT2D eigenvalue weighted by atomic mass is 10.2. The van der Waals surface area contributed by atoms with E-state index in [-0.39, 0.29) is 11.5 Å². The molecular formula is C15H11NO3S. The second-order valence-corrected chi connectivity index (χ2v) is 5.31. The molecule has 0 saturated heterocycles. The number of aryl methyl sites for hydroxylation is 1. The van der Waals surface area contributed by atoms with E-state index in [1.165, 1.54) is 17.4 Å². The first-order chi connectivity index (χ1) is 9.63. The van der Waals surface area contributed by atoms with Crippen molar-refractivity contribution in [1.29, 1.82) is 0 Å². The molecule has 0 aliphatic rings. The van der Waals surface area contributed by atoms with Crippen molar-refractivity contribution in [3.05, 3.63) is 62.3 Å². The third kappa shape index (κ3) is 2.35. The van der Waals surface area contributed by atoms with Crippen LogP contribution in [0.2, 0.25) is 0 Å². The Bertz CT molecular complexity index is 847. The summed E-state index contributed by atoms with van der Waals surface area (Å²) in [6.45, 7) is 1.91. The van der Waals surface area contributed by atoms with Crippen LogP contribution in [0.4, 0.5) is 0 Å². The van der Waals surface area contributed by atoms with E-state index in [1.807, 2.05) is 24.4 Å². The zero-order valence-electron chi connectivity index (χ0n) is 10.7. The van der Waals surface area contributed by atoms with Crippen molar-refractivity contribution >= 4 is 34.3 Å². The minimum atomic E-state index is -0.564. The number of rotatable bonds is 2. The molecule has 0 radical (unpaired) electrons. The number of thiophene rings is 1. The number of hydrogen-bond acceptors (Lipinski definition) is 5. The van der Waals surface area contributed by atoms with E-state index in [4.69, 9.17) is 4.42 Å². The van der Waals surface area contributed by atoms with Gasteiger partial charge in [0.1, 0.15) is 11.3 Å². The van der Waals surface area contributed by atoms with E-state index in [9.17, 15) is 9.90 Å². The quantitative estimate of drug-likeness (QED) is 0.730. The molecular weight excluding hydrogens is 274 g/mol. The zero-order valence-corrected chi connectivity index (χ0v) is 11.5. The highest BCUT2D eigenvalue weighted by molar-refractivity contribution is 7.11. The third-order valence-electron chi connectivity index (χ3n) is 2.82. The Labute approximate surface area is 118 Å². The second-order valence-electron chi connectivity index (χ2n) is 4.36. The number of hydrogen-bond donors (Lipinski definition) is 1. The Morgan fingerprint density at radius 2 is 2.25 bits per heavy atom. The van der Waals surface area contributed by atoms with Gasteiger partial charge in [0, 0.05) is 6.08 Å². The van der Waals surface area contributed by atoms with Gasteiger partial charge < -0.3 is 9.52 Å². The number of fused-ring (bicyclic) bond motifs is 1. The minimum absolute atomic E-state index is 0.00580. The van der Waals surface area contributed by atoms with Crippen molar-refractivity contribution in [1.82, 2.24) is 4.98 Å². The second kappa shape index (κ2) is 4.94. The van der Waals surface area contributed by atoms with Crippen LogP contribution in [-0.4, -0.2) is 10.1 Å². The Balaban J connectivity index is 2.13. The molecule has 3 rings (SSSR count). The molecule has 2 heterocycles. The maximum absolute atomic E-state index is 11.9. The number of aromatic nitrogens is 1. The molecule has 1 aromatic carbocycles. The topological polar surface area (TPSA) is 63.3 Å². The third-order valence-corrected chi connectivity index (χ3v) is 3.71. The molecule has 0 atom stereocenters. The summed E-state index contributed by atoms with van der Waals surface area (Å²) in [5.74, 6) is 0.00580. The Morgan fingerprint density at radius 1 is 1.40 bits per heavy atom. The van der Waals surface area contributed by atoms with E-state index >= 15 is 0 Å². The molecule has 5 heteroatoms. The summed E-state index contributed by atoms with van der Waals surface area (Å²) in [5.41, 5.74) is 1.55. The molecule has 0 amide bonds. The molecule has 1 N–H and O–H groups in total. The average molecular weight is 285 g/mol. The Hall–Kier alpha value is -2.40. The van der Waals surface area contributed by atoms with Crippen molar-refractivity contribution in [3.8, 4) is 0 Å². The zero-order chi connectivity index (χ0) is 14.1. The summed E-state index contributed by atoms with van der Waals surface area (Å²) >= 11 is 1.38. The monoisotopic (exact) mass is 285 g/mol. The molecule has 0 fully saturated rings. The van der Waals surface area contributed by atoms with E-state index in [1.54, 1.807) is 18.2 Å². The standard InChI is InChI=1S/C15H11NO3S/c1-9-4-5-10-13(7-9)19-15(18)11(16-10)8-12(17)14-3-2-6-20-14/h2-8,17H,1H3/b12-8-. The number of aliphatic hydroxyl groups is 1. The maximum atomic E-state index is 11.9. The lowest BCUT2D eigenvalue weighted by Crippen LogP contribution is -2.06. The first kappa shape index (κ1) is 12.6. The van der Waals surface area contributed by atoms with Crippen molar-refractivity contribution < 1.29 is 9.52 Å². The SMILES string of the molecule is Cc1ccc2nc(/C=C(\O)c3cccs3)c(=O)oc2c1. The van der Waals surface area contributed by atoms with Crippen molar-refractivity contribution in [2.45, 2.75) is 6.92 Å². The first-order valence-corrected chi connectivity index (χ1v) is 6.87. The number of benzene rings is 1. The highest BCUT2D eigenvalue weighted by atomic mass is 32.1. The molecule has 0 unspecified atom stereocenters. The van der Waals surface area contributed by atoms with Crippen LogP contribution >= 0.6 is 11.3 Å². The van der Waals surface area contributed by atoms with Crippen LogP contribution in [0.5, 0.6) is 0 Å². The van der Waals surface area contributed by atoms with Crippen LogP contribution in [0.3, 0.4) is 0 Å². The van der Waals surface area contributed by atoms with Gasteiger partial charge in [0.2, 0.25) is 0 Å². The van der Waals surface area contributed by atoms with Crippen LogP contribution < -0.4 is 5.63 Å². The number of aliphatic hydroxyl groups excluding tert-OH is 1. The molecule has 2 aromatic heterocycles. The lowest BCUT2D eigenvalue weighted by Gasteiger charge is -2.00. The predicted octanol–water partition coefficient (Wildman–Crippen LogP) is 3.61. The molecule has 0 aliphatic heterocycles. The molecule has 20 heavy (non-hydrogen) atoms. The van der Waals surface area contributed by atoms with Crippen LogP contribution in [0, 0.1) is 6.92 Å². The molecule has 0 spiro atoms. The van der Waals surface area contributed by atoms with E-state index in [0.717, 1.165) is 5.56 Å². The van der Waals surface area contributed by atoms with Gasteiger partial charge in [-0.15, -0.1) is 11.3 Å². The molecule has 0 bridgehead atoms. The highest BCUT2D eigenvalue weighted by Gasteiger charge is 2.08. The molecule has 100 valence electrons. The van der Waals surface area contributed by atoms with Gasteiger partial charge in [0.15, 0.2) is 11.3 Å². The first-order valence-electron chi connectivity index (χ1n) is 5.99. The Kier molecular flexibility index (Phi) is 3.12. The fraction of sp³-hybridized carbons (Fsp3) is 0.0667. The molecule has 0 saturated carbocycles. The summed E-state index contributed by atoms with van der Waals surface area (Å²) in [7, 11) is 0. The van der Waals surface area contributed by atoms with Gasteiger partial charge >= 0.3 is 5.63 Å². The van der Waals surface area contributed by atoms with Crippen molar-refractivity contribution in [2.24, 2.45) is 0 Å². The Morgan fingerprint density at radius 3 is 3.00 bits per heavy atom. The number of nitrogens with zero attached hydrogens (tertiary/aromatic N) is 1. The van der Waals surface area contributed by atoms with Gasteiger partial charge in [-0.1, -0.05) is 12.1 Å². The fourth-order valence-corrected chi connectivity index (χ4v) is 2.48. The highest BCUT2D eigenvalue weighted by Crippen LogP contribution is 2.20. The van der Waals surface area contributed by atoms with Crippen LogP contribution in [-0.2, 0) is 0 Å². The minimum Gasteiger partial charge on any atom is -0.506 e. The van der Waals surface area contributed by atoms with Crippen LogP contribution in [0.1, 0.15) is 16.1 Å². The smallest absolute Gasteiger partial charge is 0.362 e. The van der Waals surface area contributed by atoms with E-state index < -0.39 is 5.63 Å². The summed E-state index contributed by atoms with van der Waals surface area (Å²) < 4.78 is 5.22. The molecule has 3 aromatic rings. The van der Waals surface area contributed by atoms with Crippen molar-refractivity contribution in [3.63, 3.8) is 0 Å². The van der Waals surface area contributed by atoms with Gasteiger partial charge in [-0.05, 0) is 36.1 Å². The fourth-order valence-electron chi connectivity index (χ4n) is 1.84. The average Bonchev–Trinajstić information content (AvgIpc) is 2.94. The van der Waals surface area contributed by atoms with E-state index in [0.29, 0.717) is 16.0 Å². The van der Waals surface area contributed by atoms with Crippen LogP contribution in [0.25, 0.3) is 22.9 Å². The maximum Gasteiger partial charge on any atom is 0.362 e. The summed E-state index contributed by atoms with van der Waals surface area (Å²) in [4.78, 5) is 16.8. The normalized spacial score (nSPS) is 11.9. The van der Waals surface area contributed by atoms with Crippen molar-refractivity contribution in [2.75, 3.05) is 0 Å². The lowest BCUT2D eigenvalue weighted by molar-refractivity contribution is 0.516. The largest absolute Gasteiger partial charge is 0.506 e.